The molecule has 2 aromatic carbocycles. The summed E-state index contributed by atoms with van der Waals surface area (Å²) in [5, 5.41) is 0. The topological polar surface area (TPSA) is 27.7 Å². The van der Waals surface area contributed by atoms with Gasteiger partial charge in [0.25, 0.3) is 0 Å². The molecule has 3 heteroatoms. The van der Waals surface area contributed by atoms with E-state index >= 15 is 0 Å². The highest BCUT2D eigenvalue weighted by molar-refractivity contribution is 5.56. The van der Waals surface area contributed by atoms with Crippen molar-refractivity contribution in [2.45, 2.75) is 11.3 Å². The summed E-state index contributed by atoms with van der Waals surface area (Å²) in [5.41, 5.74) is 2.69. The van der Waals surface area contributed by atoms with Crippen molar-refractivity contribution < 1.29 is 14.2 Å². The fraction of sp³-hybridized carbons (Fsp3) is 0.263. The Morgan fingerprint density at radius 1 is 0.955 bits per heavy atom. The largest absolute Gasteiger partial charge is 0.501 e. The van der Waals surface area contributed by atoms with Crippen LogP contribution in [0.2, 0.25) is 0 Å². The van der Waals surface area contributed by atoms with Crippen LogP contribution in [-0.4, -0.2) is 13.4 Å². The Labute approximate surface area is 129 Å². The molecule has 2 heterocycles. The van der Waals surface area contributed by atoms with E-state index in [1.54, 1.807) is 0 Å². The number of fused-ring (bicyclic) bond motifs is 2. The molecule has 5 rings (SSSR count). The molecule has 0 radical (unpaired) electrons. The second kappa shape index (κ2) is 4.29. The third-order valence-electron chi connectivity index (χ3n) is 5.17. The molecule has 0 bridgehead atoms. The van der Waals surface area contributed by atoms with Gasteiger partial charge in [-0.2, -0.15) is 0 Å². The molecule has 0 saturated heterocycles. The molecular weight excluding hydrogens is 276 g/mol. The fourth-order valence-corrected chi connectivity index (χ4v) is 4.09. The molecule has 3 atom stereocenters. The maximum Gasteiger partial charge on any atom is 0.231 e. The van der Waals surface area contributed by atoms with Gasteiger partial charge in [0.15, 0.2) is 11.5 Å². The summed E-state index contributed by atoms with van der Waals surface area (Å²) in [5.74, 6) is 2.64. The van der Waals surface area contributed by atoms with Crippen LogP contribution in [-0.2, 0) is 10.2 Å². The predicted octanol–water partition coefficient (Wildman–Crippen LogP) is 3.61. The van der Waals surface area contributed by atoms with Gasteiger partial charge in [-0.15, -0.1) is 0 Å². The highest BCUT2D eigenvalue weighted by atomic mass is 16.7. The number of hydrogen-bond acceptors (Lipinski definition) is 3. The van der Waals surface area contributed by atoms with Gasteiger partial charge in [0.1, 0.15) is 0 Å². The average molecular weight is 292 g/mol. The Morgan fingerprint density at radius 3 is 2.73 bits per heavy atom. The van der Waals surface area contributed by atoms with E-state index in [0.29, 0.717) is 18.6 Å². The minimum absolute atomic E-state index is 0.0284. The van der Waals surface area contributed by atoms with Crippen LogP contribution in [0.1, 0.15) is 17.0 Å². The molecule has 1 fully saturated rings. The zero-order chi connectivity index (χ0) is 14.6. The monoisotopic (exact) mass is 292 g/mol. The van der Waals surface area contributed by atoms with Crippen LogP contribution in [0.3, 0.4) is 0 Å². The summed E-state index contributed by atoms with van der Waals surface area (Å²) in [6, 6.07) is 17.0. The molecule has 1 aliphatic carbocycles. The van der Waals surface area contributed by atoms with Gasteiger partial charge in [0.2, 0.25) is 6.79 Å². The van der Waals surface area contributed by atoms with Gasteiger partial charge in [-0.05, 0) is 29.3 Å². The first kappa shape index (κ1) is 12.2. The van der Waals surface area contributed by atoms with Gasteiger partial charge in [0, 0.05) is 17.3 Å². The molecule has 2 aromatic rings. The fourth-order valence-electron chi connectivity index (χ4n) is 4.09. The summed E-state index contributed by atoms with van der Waals surface area (Å²) >= 11 is 0. The molecule has 3 nitrogen and oxygen atoms in total. The summed E-state index contributed by atoms with van der Waals surface area (Å²) < 4.78 is 16.6. The first-order valence-electron chi connectivity index (χ1n) is 7.64. The Kier molecular flexibility index (Phi) is 2.37. The molecule has 0 aromatic heterocycles. The molecule has 0 unspecified atom stereocenters. The van der Waals surface area contributed by atoms with Crippen molar-refractivity contribution in [1.82, 2.24) is 0 Å². The minimum Gasteiger partial charge on any atom is -0.501 e. The van der Waals surface area contributed by atoms with Gasteiger partial charge in [-0.3, -0.25) is 0 Å². The van der Waals surface area contributed by atoms with E-state index in [0.717, 1.165) is 18.1 Å². The van der Waals surface area contributed by atoms with Crippen molar-refractivity contribution in [3.8, 4) is 11.5 Å². The maximum atomic E-state index is 5.58. The summed E-state index contributed by atoms with van der Waals surface area (Å²) in [6.07, 6.45) is 4.07. The van der Waals surface area contributed by atoms with Crippen LogP contribution >= 0.6 is 0 Å². The van der Waals surface area contributed by atoms with Gasteiger partial charge in [-0.25, -0.2) is 0 Å². The van der Waals surface area contributed by atoms with Crippen molar-refractivity contribution >= 4 is 0 Å². The van der Waals surface area contributed by atoms with Crippen LogP contribution < -0.4 is 9.47 Å². The second-order valence-corrected chi connectivity index (χ2v) is 6.13. The molecule has 110 valence electrons. The van der Waals surface area contributed by atoms with Gasteiger partial charge < -0.3 is 14.2 Å². The quantitative estimate of drug-likeness (QED) is 0.846. The van der Waals surface area contributed by atoms with Crippen molar-refractivity contribution in [3.63, 3.8) is 0 Å². The highest BCUT2D eigenvalue weighted by Gasteiger charge is 2.65. The Morgan fingerprint density at radius 2 is 1.82 bits per heavy atom. The first-order chi connectivity index (χ1) is 10.9. The zero-order valence-corrected chi connectivity index (χ0v) is 12.1. The minimum atomic E-state index is 0.0284. The lowest BCUT2D eigenvalue weighted by Gasteiger charge is -2.18. The molecule has 2 aliphatic heterocycles. The predicted molar refractivity (Wildman–Crippen MR) is 82.0 cm³/mol. The van der Waals surface area contributed by atoms with Crippen LogP contribution in [0.5, 0.6) is 11.5 Å². The van der Waals surface area contributed by atoms with E-state index in [-0.39, 0.29) is 5.41 Å². The third kappa shape index (κ3) is 1.51. The van der Waals surface area contributed by atoms with Crippen molar-refractivity contribution in [1.29, 1.82) is 0 Å². The van der Waals surface area contributed by atoms with E-state index in [4.69, 9.17) is 14.2 Å². The van der Waals surface area contributed by atoms with E-state index in [9.17, 15) is 0 Å². The van der Waals surface area contributed by atoms with Crippen LogP contribution in [0.25, 0.3) is 0 Å². The van der Waals surface area contributed by atoms with Gasteiger partial charge >= 0.3 is 0 Å². The lowest BCUT2D eigenvalue weighted by molar-refractivity contribution is 0.174. The molecule has 0 amide bonds. The summed E-state index contributed by atoms with van der Waals surface area (Å²) in [6.45, 7) is 1.08. The molecule has 1 saturated carbocycles. The standard InChI is InChI=1S/C19H16O3/c1-2-4-13(5-3-1)18-15-11-20-9-8-19(15,18)14-6-7-16-17(10-14)22-12-21-16/h1-10,15,18H,11-12H2/t15-,18-,19+/m0/s1. The van der Waals surface area contributed by atoms with Crippen LogP contribution in [0, 0.1) is 5.92 Å². The van der Waals surface area contributed by atoms with Crippen molar-refractivity contribution in [2.75, 3.05) is 13.4 Å². The third-order valence-corrected chi connectivity index (χ3v) is 5.17. The van der Waals surface area contributed by atoms with E-state index in [1.165, 1.54) is 11.1 Å². The Bertz CT molecular complexity index is 753. The number of allylic oxidation sites excluding steroid dienone is 1. The van der Waals surface area contributed by atoms with Gasteiger partial charge in [-0.1, -0.05) is 36.4 Å². The normalized spacial score (nSPS) is 30.5. The SMILES string of the molecule is C1=C[C@@]2(c3ccc4c(c3)OCO4)[C@@H](CO1)[C@@H]2c1ccccc1. The van der Waals surface area contributed by atoms with E-state index in [2.05, 4.69) is 48.5 Å². The Hall–Kier alpha value is -2.42. The molecule has 0 N–H and O–H groups in total. The zero-order valence-electron chi connectivity index (χ0n) is 12.1. The molecule has 0 spiro atoms. The molecule has 22 heavy (non-hydrogen) atoms. The maximum absolute atomic E-state index is 5.58. The summed E-state index contributed by atoms with van der Waals surface area (Å²) in [4.78, 5) is 0. The van der Waals surface area contributed by atoms with E-state index in [1.807, 2.05) is 12.3 Å². The molecular formula is C19H16O3. The lowest BCUT2D eigenvalue weighted by Crippen LogP contribution is -2.13. The van der Waals surface area contributed by atoms with Crippen molar-refractivity contribution in [3.05, 3.63) is 72.0 Å². The molecule has 3 aliphatic rings. The lowest BCUT2D eigenvalue weighted by atomic mass is 9.89. The number of hydrogen-bond donors (Lipinski definition) is 0. The smallest absolute Gasteiger partial charge is 0.231 e. The number of ether oxygens (including phenoxy) is 3. The number of benzene rings is 2. The highest BCUT2D eigenvalue weighted by Crippen LogP contribution is 2.68. The summed E-state index contributed by atoms with van der Waals surface area (Å²) in [7, 11) is 0. The second-order valence-electron chi connectivity index (χ2n) is 6.13. The van der Waals surface area contributed by atoms with Crippen LogP contribution in [0.4, 0.5) is 0 Å². The average Bonchev–Trinajstić information content (AvgIpc) is 3.04. The van der Waals surface area contributed by atoms with Crippen LogP contribution in [0.15, 0.2) is 60.9 Å². The number of rotatable bonds is 2. The first-order valence-corrected chi connectivity index (χ1v) is 7.64. The van der Waals surface area contributed by atoms with E-state index < -0.39 is 0 Å². The van der Waals surface area contributed by atoms with Crippen molar-refractivity contribution in [2.24, 2.45) is 5.92 Å². The Balaban J connectivity index is 1.61. The van der Waals surface area contributed by atoms with Gasteiger partial charge in [0.05, 0.1) is 12.9 Å².